The number of aryl methyl sites for hydroxylation is 2. The van der Waals surface area contributed by atoms with Crippen LogP contribution in [0.15, 0.2) is 6.07 Å². The quantitative estimate of drug-likeness (QED) is 0.813. The van der Waals surface area contributed by atoms with Crippen molar-refractivity contribution >= 4 is 5.97 Å². The zero-order valence-electron chi connectivity index (χ0n) is 11.0. The lowest BCUT2D eigenvalue weighted by atomic mass is 9.83. The number of hydrogen-bond donors (Lipinski definition) is 1. The van der Waals surface area contributed by atoms with Crippen molar-refractivity contribution in [3.8, 4) is 0 Å². The van der Waals surface area contributed by atoms with Crippen LogP contribution in [-0.4, -0.2) is 42.6 Å². The van der Waals surface area contributed by atoms with Gasteiger partial charge in [-0.2, -0.15) is 0 Å². The SMILES string of the molecule is Cc1cc(C(=O)OCC2(C)CN(C)C2)c(C)[nH]1. The molecular weight excluding hydrogens is 216 g/mol. The first kappa shape index (κ1) is 12.2. The lowest BCUT2D eigenvalue weighted by Gasteiger charge is -2.45. The first-order valence-electron chi connectivity index (χ1n) is 5.91. The highest BCUT2D eigenvalue weighted by atomic mass is 16.5. The van der Waals surface area contributed by atoms with Crippen LogP contribution in [0, 0.1) is 19.3 Å². The molecule has 0 spiro atoms. The lowest BCUT2D eigenvalue weighted by molar-refractivity contribution is -0.0279. The van der Waals surface area contributed by atoms with Crippen molar-refractivity contribution in [2.24, 2.45) is 5.41 Å². The molecule has 17 heavy (non-hydrogen) atoms. The number of aromatic nitrogens is 1. The second-order valence-electron chi connectivity index (χ2n) is 5.55. The van der Waals surface area contributed by atoms with E-state index in [0.717, 1.165) is 24.5 Å². The van der Waals surface area contributed by atoms with Gasteiger partial charge >= 0.3 is 5.97 Å². The first-order valence-corrected chi connectivity index (χ1v) is 5.91. The van der Waals surface area contributed by atoms with Crippen molar-refractivity contribution in [2.45, 2.75) is 20.8 Å². The topological polar surface area (TPSA) is 45.3 Å². The van der Waals surface area contributed by atoms with Gasteiger partial charge < -0.3 is 14.6 Å². The normalized spacial score (nSPS) is 18.8. The third kappa shape index (κ3) is 2.52. The molecule has 4 nitrogen and oxygen atoms in total. The fourth-order valence-electron chi connectivity index (χ4n) is 2.60. The van der Waals surface area contributed by atoms with E-state index in [2.05, 4.69) is 23.9 Å². The number of nitrogens with zero attached hydrogens (tertiary/aromatic N) is 1. The number of likely N-dealkylation sites (tertiary alicyclic amines) is 1. The van der Waals surface area contributed by atoms with Gasteiger partial charge in [-0.1, -0.05) is 6.92 Å². The Morgan fingerprint density at radius 3 is 2.65 bits per heavy atom. The number of rotatable bonds is 3. The summed E-state index contributed by atoms with van der Waals surface area (Å²) in [4.78, 5) is 17.2. The predicted molar refractivity (Wildman–Crippen MR) is 66.2 cm³/mol. The highest BCUT2D eigenvalue weighted by Gasteiger charge is 2.37. The molecule has 1 saturated heterocycles. The van der Waals surface area contributed by atoms with Crippen LogP contribution >= 0.6 is 0 Å². The van der Waals surface area contributed by atoms with Crippen LogP contribution in [-0.2, 0) is 4.74 Å². The average Bonchev–Trinajstić information content (AvgIpc) is 2.52. The van der Waals surface area contributed by atoms with Gasteiger partial charge in [-0.3, -0.25) is 0 Å². The van der Waals surface area contributed by atoms with E-state index in [1.807, 2.05) is 19.9 Å². The van der Waals surface area contributed by atoms with Crippen molar-refractivity contribution < 1.29 is 9.53 Å². The number of ether oxygens (including phenoxy) is 1. The van der Waals surface area contributed by atoms with Crippen LogP contribution in [0.5, 0.6) is 0 Å². The smallest absolute Gasteiger partial charge is 0.339 e. The van der Waals surface area contributed by atoms with E-state index in [9.17, 15) is 4.79 Å². The molecule has 2 rings (SSSR count). The predicted octanol–water partition coefficient (Wildman–Crippen LogP) is 1.74. The summed E-state index contributed by atoms with van der Waals surface area (Å²) in [6, 6.07) is 1.84. The van der Waals surface area contributed by atoms with E-state index in [1.165, 1.54) is 0 Å². The van der Waals surface area contributed by atoms with Gasteiger partial charge in [0, 0.05) is 29.9 Å². The summed E-state index contributed by atoms with van der Waals surface area (Å²) in [6.07, 6.45) is 0. The summed E-state index contributed by atoms with van der Waals surface area (Å²) in [5.74, 6) is -0.220. The second-order valence-corrected chi connectivity index (χ2v) is 5.55. The molecule has 2 heterocycles. The van der Waals surface area contributed by atoms with Crippen LogP contribution < -0.4 is 0 Å². The number of carbonyl (C=O) groups is 1. The molecule has 4 heteroatoms. The molecule has 1 aromatic heterocycles. The average molecular weight is 236 g/mol. The fraction of sp³-hybridized carbons (Fsp3) is 0.615. The summed E-state index contributed by atoms with van der Waals surface area (Å²) >= 11 is 0. The summed E-state index contributed by atoms with van der Waals surface area (Å²) in [5, 5.41) is 0. The van der Waals surface area contributed by atoms with E-state index in [0.29, 0.717) is 12.2 Å². The zero-order valence-corrected chi connectivity index (χ0v) is 11.0. The molecular formula is C13H20N2O2. The van der Waals surface area contributed by atoms with Crippen molar-refractivity contribution in [3.63, 3.8) is 0 Å². The van der Waals surface area contributed by atoms with E-state index < -0.39 is 0 Å². The van der Waals surface area contributed by atoms with E-state index in [1.54, 1.807) is 0 Å². The van der Waals surface area contributed by atoms with Crippen LogP contribution in [0.3, 0.4) is 0 Å². The highest BCUT2D eigenvalue weighted by Crippen LogP contribution is 2.28. The Labute approximate surface area is 102 Å². The number of hydrogen-bond acceptors (Lipinski definition) is 3. The monoisotopic (exact) mass is 236 g/mol. The Morgan fingerprint density at radius 1 is 1.53 bits per heavy atom. The zero-order chi connectivity index (χ0) is 12.6. The number of nitrogens with one attached hydrogen (secondary N) is 1. The van der Waals surface area contributed by atoms with Gasteiger partial charge in [-0.05, 0) is 27.0 Å². The minimum atomic E-state index is -0.220. The maximum absolute atomic E-state index is 11.9. The van der Waals surface area contributed by atoms with Gasteiger partial charge in [0.2, 0.25) is 0 Å². The molecule has 94 valence electrons. The molecule has 0 aliphatic carbocycles. The van der Waals surface area contributed by atoms with E-state index in [4.69, 9.17) is 4.74 Å². The maximum atomic E-state index is 11.9. The molecule has 1 aromatic rings. The molecule has 1 N–H and O–H groups in total. The van der Waals surface area contributed by atoms with Crippen molar-refractivity contribution in [3.05, 3.63) is 23.0 Å². The van der Waals surface area contributed by atoms with Crippen LogP contribution in [0.4, 0.5) is 0 Å². The Balaban J connectivity index is 1.92. The molecule has 0 atom stereocenters. The van der Waals surface area contributed by atoms with Crippen molar-refractivity contribution in [1.29, 1.82) is 0 Å². The Kier molecular flexibility index (Phi) is 3.00. The second kappa shape index (κ2) is 4.18. The van der Waals surface area contributed by atoms with Crippen LogP contribution in [0.1, 0.15) is 28.7 Å². The van der Waals surface area contributed by atoms with Crippen LogP contribution in [0.2, 0.25) is 0 Å². The van der Waals surface area contributed by atoms with Gasteiger partial charge in [0.25, 0.3) is 0 Å². The van der Waals surface area contributed by atoms with Crippen molar-refractivity contribution in [1.82, 2.24) is 9.88 Å². The van der Waals surface area contributed by atoms with Crippen molar-refractivity contribution in [2.75, 3.05) is 26.7 Å². The molecule has 1 fully saturated rings. The fourth-order valence-corrected chi connectivity index (χ4v) is 2.60. The highest BCUT2D eigenvalue weighted by molar-refractivity contribution is 5.91. The molecule has 0 unspecified atom stereocenters. The van der Waals surface area contributed by atoms with Gasteiger partial charge in [0.05, 0.1) is 12.2 Å². The molecule has 0 aromatic carbocycles. The molecule has 0 amide bonds. The minimum absolute atomic E-state index is 0.129. The summed E-state index contributed by atoms with van der Waals surface area (Å²) in [7, 11) is 2.07. The standard InChI is InChI=1S/C13H20N2O2/c1-9-5-11(10(2)14-9)12(16)17-8-13(3)6-15(4)7-13/h5,14H,6-8H2,1-4H3. The number of esters is 1. The Bertz CT molecular complexity index is 431. The molecule has 0 bridgehead atoms. The molecule has 1 aliphatic heterocycles. The van der Waals surface area contributed by atoms with Gasteiger partial charge in [-0.25, -0.2) is 4.79 Å². The number of carbonyl (C=O) groups excluding carboxylic acids is 1. The number of aromatic amines is 1. The van der Waals surface area contributed by atoms with Crippen LogP contribution in [0.25, 0.3) is 0 Å². The lowest BCUT2D eigenvalue weighted by Crippen LogP contribution is -2.55. The van der Waals surface area contributed by atoms with E-state index >= 15 is 0 Å². The van der Waals surface area contributed by atoms with Gasteiger partial charge in [0.1, 0.15) is 0 Å². The third-order valence-electron chi connectivity index (χ3n) is 3.22. The third-order valence-corrected chi connectivity index (χ3v) is 3.22. The van der Waals surface area contributed by atoms with Gasteiger partial charge in [-0.15, -0.1) is 0 Å². The maximum Gasteiger partial charge on any atom is 0.339 e. The van der Waals surface area contributed by atoms with E-state index in [-0.39, 0.29) is 11.4 Å². The number of H-pyrrole nitrogens is 1. The summed E-state index contributed by atoms with van der Waals surface area (Å²) in [6.45, 7) is 8.46. The summed E-state index contributed by atoms with van der Waals surface area (Å²) in [5.41, 5.74) is 2.65. The molecule has 1 aliphatic rings. The molecule has 0 radical (unpaired) electrons. The molecule has 0 saturated carbocycles. The summed E-state index contributed by atoms with van der Waals surface area (Å²) < 4.78 is 5.39. The van der Waals surface area contributed by atoms with Gasteiger partial charge in [0.15, 0.2) is 0 Å². The minimum Gasteiger partial charge on any atom is -0.461 e. The largest absolute Gasteiger partial charge is 0.461 e. The Hall–Kier alpha value is -1.29. The Morgan fingerprint density at radius 2 is 2.18 bits per heavy atom. The first-order chi connectivity index (χ1) is 7.89.